The van der Waals surface area contributed by atoms with E-state index in [2.05, 4.69) is 24.0 Å². The Bertz CT molecular complexity index is 656. The van der Waals surface area contributed by atoms with Gasteiger partial charge in [0, 0.05) is 39.3 Å². The number of piperazine rings is 1. The van der Waals surface area contributed by atoms with Crippen LogP contribution in [-0.2, 0) is 21.4 Å². The Labute approximate surface area is 157 Å². The molecule has 1 aromatic rings. The lowest BCUT2D eigenvalue weighted by atomic mass is 10.2. The normalized spacial score (nSPS) is 16.2. The number of carbonyl (C=O) groups is 1. The summed E-state index contributed by atoms with van der Waals surface area (Å²) < 4.78 is 25.2. The first kappa shape index (κ1) is 20.9. The van der Waals surface area contributed by atoms with Crippen LogP contribution >= 0.6 is 0 Å². The molecular formula is C19H31N3O3S. The third kappa shape index (κ3) is 6.70. The van der Waals surface area contributed by atoms with Gasteiger partial charge in [0.1, 0.15) is 0 Å². The van der Waals surface area contributed by atoms with Crippen LogP contribution in [0.25, 0.3) is 0 Å². The average Bonchev–Trinajstić information content (AvgIpc) is 2.61. The Morgan fingerprint density at radius 1 is 1.08 bits per heavy atom. The maximum Gasteiger partial charge on any atom is 0.237 e. The molecule has 1 amide bonds. The van der Waals surface area contributed by atoms with Gasteiger partial charge < -0.3 is 4.90 Å². The smallest absolute Gasteiger partial charge is 0.237 e. The van der Waals surface area contributed by atoms with Crippen molar-refractivity contribution < 1.29 is 13.2 Å². The van der Waals surface area contributed by atoms with Crippen molar-refractivity contribution in [2.24, 2.45) is 0 Å². The van der Waals surface area contributed by atoms with Gasteiger partial charge in [-0.1, -0.05) is 50.1 Å². The summed E-state index contributed by atoms with van der Waals surface area (Å²) in [5, 5.41) is 0. The van der Waals surface area contributed by atoms with Crippen molar-refractivity contribution in [3.63, 3.8) is 0 Å². The molecule has 0 aromatic heterocycles. The highest BCUT2D eigenvalue weighted by molar-refractivity contribution is 7.88. The number of carbonyl (C=O) groups excluding carboxylic acids is 1. The average molecular weight is 382 g/mol. The molecule has 1 aromatic carbocycles. The van der Waals surface area contributed by atoms with Crippen LogP contribution in [0.1, 0.15) is 31.7 Å². The zero-order valence-electron chi connectivity index (χ0n) is 15.9. The third-order valence-electron chi connectivity index (χ3n) is 4.77. The second-order valence-corrected chi connectivity index (χ2v) is 8.93. The second-order valence-electron chi connectivity index (χ2n) is 6.95. The van der Waals surface area contributed by atoms with Crippen molar-refractivity contribution >= 4 is 15.9 Å². The van der Waals surface area contributed by atoms with Crippen molar-refractivity contribution in [1.82, 2.24) is 14.1 Å². The monoisotopic (exact) mass is 381 g/mol. The number of rotatable bonds is 9. The molecular weight excluding hydrogens is 350 g/mol. The molecule has 0 aliphatic carbocycles. The SMILES string of the molecule is CCCCCN(CC(=O)N1CCN(Cc2ccccc2)CC1)S(C)(=O)=O. The van der Waals surface area contributed by atoms with Crippen LogP contribution in [-0.4, -0.2) is 74.0 Å². The van der Waals surface area contributed by atoms with E-state index in [0.717, 1.165) is 38.9 Å². The predicted octanol–water partition coefficient (Wildman–Crippen LogP) is 1.78. The second kappa shape index (κ2) is 10.0. The van der Waals surface area contributed by atoms with Gasteiger partial charge in [-0.05, 0) is 12.0 Å². The summed E-state index contributed by atoms with van der Waals surface area (Å²) in [6.45, 7) is 6.27. The van der Waals surface area contributed by atoms with Gasteiger partial charge in [0.15, 0.2) is 0 Å². The van der Waals surface area contributed by atoms with Crippen LogP contribution in [0.4, 0.5) is 0 Å². The summed E-state index contributed by atoms with van der Waals surface area (Å²) in [5.41, 5.74) is 1.27. The van der Waals surface area contributed by atoms with E-state index < -0.39 is 10.0 Å². The topological polar surface area (TPSA) is 60.9 Å². The van der Waals surface area contributed by atoms with Gasteiger partial charge in [0.05, 0.1) is 12.8 Å². The number of nitrogens with zero attached hydrogens (tertiary/aromatic N) is 3. The summed E-state index contributed by atoms with van der Waals surface area (Å²) in [4.78, 5) is 16.7. The Hall–Kier alpha value is -1.44. The first-order valence-corrected chi connectivity index (χ1v) is 11.2. The van der Waals surface area contributed by atoms with Crippen LogP contribution in [0.2, 0.25) is 0 Å². The minimum atomic E-state index is -3.36. The lowest BCUT2D eigenvalue weighted by Crippen LogP contribution is -2.51. The van der Waals surface area contributed by atoms with Crippen LogP contribution < -0.4 is 0 Å². The third-order valence-corrected chi connectivity index (χ3v) is 6.02. The van der Waals surface area contributed by atoms with Crippen LogP contribution in [0, 0.1) is 0 Å². The van der Waals surface area contributed by atoms with E-state index in [9.17, 15) is 13.2 Å². The molecule has 146 valence electrons. The molecule has 1 fully saturated rings. The molecule has 6 nitrogen and oxygen atoms in total. The highest BCUT2D eigenvalue weighted by atomic mass is 32.2. The molecule has 2 rings (SSSR count). The largest absolute Gasteiger partial charge is 0.339 e. The molecule has 7 heteroatoms. The van der Waals surface area contributed by atoms with Crippen molar-refractivity contribution in [3.05, 3.63) is 35.9 Å². The highest BCUT2D eigenvalue weighted by Gasteiger charge is 2.25. The summed E-state index contributed by atoms with van der Waals surface area (Å²) in [6.07, 6.45) is 3.97. The molecule has 0 bridgehead atoms. The fourth-order valence-electron chi connectivity index (χ4n) is 3.15. The van der Waals surface area contributed by atoms with E-state index in [4.69, 9.17) is 0 Å². The minimum Gasteiger partial charge on any atom is -0.339 e. The highest BCUT2D eigenvalue weighted by Crippen LogP contribution is 2.10. The van der Waals surface area contributed by atoms with Gasteiger partial charge in [0.2, 0.25) is 15.9 Å². The van der Waals surface area contributed by atoms with Gasteiger partial charge in [0.25, 0.3) is 0 Å². The summed E-state index contributed by atoms with van der Waals surface area (Å²) in [6, 6.07) is 10.3. The maximum atomic E-state index is 12.6. The molecule has 0 unspecified atom stereocenters. The molecule has 1 aliphatic heterocycles. The lowest BCUT2D eigenvalue weighted by Gasteiger charge is -2.35. The Morgan fingerprint density at radius 2 is 1.73 bits per heavy atom. The van der Waals surface area contributed by atoms with E-state index in [1.54, 1.807) is 4.90 Å². The number of benzene rings is 1. The minimum absolute atomic E-state index is 0.0404. The van der Waals surface area contributed by atoms with Crippen LogP contribution in [0.5, 0.6) is 0 Å². The van der Waals surface area contributed by atoms with Crippen molar-refractivity contribution in [1.29, 1.82) is 0 Å². The van der Waals surface area contributed by atoms with E-state index in [1.807, 2.05) is 18.2 Å². The van der Waals surface area contributed by atoms with Crippen LogP contribution in [0.3, 0.4) is 0 Å². The van der Waals surface area contributed by atoms with Gasteiger partial charge in [-0.2, -0.15) is 4.31 Å². The van der Waals surface area contributed by atoms with Gasteiger partial charge in [-0.25, -0.2) is 8.42 Å². The van der Waals surface area contributed by atoms with Crippen molar-refractivity contribution in [2.75, 3.05) is 45.5 Å². The zero-order chi connectivity index (χ0) is 19.0. The van der Waals surface area contributed by atoms with Crippen LogP contribution in [0.15, 0.2) is 30.3 Å². The molecule has 0 radical (unpaired) electrons. The molecule has 0 N–H and O–H groups in total. The molecule has 1 aliphatic rings. The van der Waals surface area contributed by atoms with Gasteiger partial charge >= 0.3 is 0 Å². The zero-order valence-corrected chi connectivity index (χ0v) is 16.7. The van der Waals surface area contributed by atoms with Gasteiger partial charge in [-0.15, -0.1) is 0 Å². The Kier molecular flexibility index (Phi) is 8.06. The molecule has 0 spiro atoms. The fourth-order valence-corrected chi connectivity index (χ4v) is 3.95. The van der Waals surface area contributed by atoms with E-state index >= 15 is 0 Å². The summed E-state index contributed by atoms with van der Waals surface area (Å²) in [5.74, 6) is -0.0914. The maximum absolute atomic E-state index is 12.6. The van der Waals surface area contributed by atoms with Crippen molar-refractivity contribution in [3.8, 4) is 0 Å². The van der Waals surface area contributed by atoms with Crippen molar-refractivity contribution in [2.45, 2.75) is 32.7 Å². The Morgan fingerprint density at radius 3 is 2.31 bits per heavy atom. The molecule has 26 heavy (non-hydrogen) atoms. The predicted molar refractivity (Wildman–Crippen MR) is 104 cm³/mol. The molecule has 1 saturated heterocycles. The van der Waals surface area contributed by atoms with E-state index in [0.29, 0.717) is 19.6 Å². The molecule has 0 saturated carbocycles. The molecule has 1 heterocycles. The number of hydrogen-bond acceptors (Lipinski definition) is 4. The first-order valence-electron chi connectivity index (χ1n) is 9.39. The number of amides is 1. The summed E-state index contributed by atoms with van der Waals surface area (Å²) >= 11 is 0. The lowest BCUT2D eigenvalue weighted by molar-refractivity contribution is -0.133. The number of unbranched alkanes of at least 4 members (excludes halogenated alkanes) is 2. The number of sulfonamides is 1. The standard InChI is InChI=1S/C19H31N3O3S/c1-3-4-8-11-22(26(2,24)25)17-19(23)21-14-12-20(13-15-21)16-18-9-6-5-7-10-18/h5-7,9-10H,3-4,8,11-17H2,1-2H3. The number of hydrogen-bond donors (Lipinski definition) is 0. The Balaban J connectivity index is 1.82. The quantitative estimate of drug-likeness (QED) is 0.612. The first-order chi connectivity index (χ1) is 12.4. The fraction of sp³-hybridized carbons (Fsp3) is 0.632. The molecule has 0 atom stereocenters. The van der Waals surface area contributed by atoms with Gasteiger partial charge in [-0.3, -0.25) is 9.69 Å². The van der Waals surface area contributed by atoms with E-state index in [1.165, 1.54) is 16.1 Å². The summed E-state index contributed by atoms with van der Waals surface area (Å²) in [7, 11) is -3.36. The van der Waals surface area contributed by atoms with E-state index in [-0.39, 0.29) is 12.5 Å².